The van der Waals surface area contributed by atoms with Crippen molar-refractivity contribution in [3.05, 3.63) is 47.8 Å². The molecular weight excluding hydrogens is 264 g/mol. The normalized spacial score (nSPS) is 14.1. The molecular formula is C16H14N4O. The van der Waals surface area contributed by atoms with E-state index in [0.29, 0.717) is 24.9 Å². The number of benzene rings is 1. The van der Waals surface area contributed by atoms with Crippen LogP contribution < -0.4 is 5.73 Å². The lowest BCUT2D eigenvalue weighted by molar-refractivity contribution is 0.109. The van der Waals surface area contributed by atoms with Gasteiger partial charge in [0.15, 0.2) is 5.82 Å². The Balaban J connectivity index is 1.86. The minimum atomic E-state index is 0.503. The highest BCUT2D eigenvalue weighted by Gasteiger charge is 2.17. The van der Waals surface area contributed by atoms with Crippen LogP contribution in [0.4, 0.5) is 5.82 Å². The molecule has 0 spiro atoms. The van der Waals surface area contributed by atoms with E-state index in [-0.39, 0.29) is 0 Å². The Bertz CT molecular complexity index is 832. The molecule has 1 aliphatic heterocycles. The quantitative estimate of drug-likeness (QED) is 0.739. The molecule has 0 aliphatic carbocycles. The number of nitrogens with two attached hydrogens (primary N) is 1. The van der Waals surface area contributed by atoms with Crippen molar-refractivity contribution in [1.82, 2.24) is 15.0 Å². The molecule has 0 amide bonds. The van der Waals surface area contributed by atoms with E-state index >= 15 is 0 Å². The Morgan fingerprint density at radius 1 is 1.14 bits per heavy atom. The molecule has 2 N–H and O–H groups in total. The molecule has 3 aromatic rings. The molecule has 2 aromatic heterocycles. The highest BCUT2D eigenvalue weighted by Crippen LogP contribution is 2.26. The number of rotatable bonds is 1. The molecule has 3 heterocycles. The number of hydrogen-bond acceptors (Lipinski definition) is 5. The lowest BCUT2D eigenvalue weighted by Gasteiger charge is -2.17. The predicted molar refractivity (Wildman–Crippen MR) is 80.5 cm³/mol. The highest BCUT2D eigenvalue weighted by molar-refractivity contribution is 5.83. The molecule has 1 aliphatic rings. The van der Waals surface area contributed by atoms with Crippen LogP contribution in [0.15, 0.2) is 36.5 Å². The summed E-state index contributed by atoms with van der Waals surface area (Å²) in [5, 5.41) is 1.07. The van der Waals surface area contributed by atoms with E-state index < -0.39 is 0 Å². The molecule has 4 rings (SSSR count). The first-order valence-corrected chi connectivity index (χ1v) is 6.89. The minimum absolute atomic E-state index is 0.503. The SMILES string of the molecule is Nc1nc(-c2ccc3ncccc3c2)nc2c1COCC2. The summed E-state index contributed by atoms with van der Waals surface area (Å²) < 4.78 is 5.41. The first kappa shape index (κ1) is 12.2. The summed E-state index contributed by atoms with van der Waals surface area (Å²) in [6, 6.07) is 9.96. The van der Waals surface area contributed by atoms with Crippen LogP contribution in [0.3, 0.4) is 0 Å². The van der Waals surface area contributed by atoms with Gasteiger partial charge in [-0.1, -0.05) is 6.07 Å². The van der Waals surface area contributed by atoms with Crippen molar-refractivity contribution in [3.63, 3.8) is 0 Å². The maximum Gasteiger partial charge on any atom is 0.161 e. The molecule has 0 atom stereocenters. The summed E-state index contributed by atoms with van der Waals surface area (Å²) >= 11 is 0. The number of aromatic nitrogens is 3. The number of hydrogen-bond donors (Lipinski definition) is 1. The lowest BCUT2D eigenvalue weighted by atomic mass is 10.1. The van der Waals surface area contributed by atoms with E-state index in [1.54, 1.807) is 6.20 Å². The van der Waals surface area contributed by atoms with Gasteiger partial charge in [0.2, 0.25) is 0 Å². The monoisotopic (exact) mass is 278 g/mol. The zero-order valence-corrected chi connectivity index (χ0v) is 11.4. The molecule has 104 valence electrons. The van der Waals surface area contributed by atoms with Gasteiger partial charge < -0.3 is 10.5 Å². The van der Waals surface area contributed by atoms with Crippen LogP contribution in [-0.2, 0) is 17.8 Å². The van der Waals surface area contributed by atoms with Gasteiger partial charge >= 0.3 is 0 Å². The molecule has 5 heteroatoms. The van der Waals surface area contributed by atoms with Crippen molar-refractivity contribution in [1.29, 1.82) is 0 Å². The van der Waals surface area contributed by atoms with Crippen molar-refractivity contribution < 1.29 is 4.74 Å². The van der Waals surface area contributed by atoms with Gasteiger partial charge in [-0.15, -0.1) is 0 Å². The number of nitrogens with zero attached hydrogens (tertiary/aromatic N) is 3. The minimum Gasteiger partial charge on any atom is -0.383 e. The molecule has 0 saturated carbocycles. The third-order valence-corrected chi connectivity index (χ3v) is 3.72. The maximum atomic E-state index is 6.05. The second-order valence-corrected chi connectivity index (χ2v) is 5.07. The first-order valence-electron chi connectivity index (χ1n) is 6.89. The fraction of sp³-hybridized carbons (Fsp3) is 0.188. The fourth-order valence-corrected chi connectivity index (χ4v) is 2.60. The van der Waals surface area contributed by atoms with Crippen molar-refractivity contribution in [2.45, 2.75) is 13.0 Å². The first-order chi connectivity index (χ1) is 10.3. The van der Waals surface area contributed by atoms with Crippen LogP contribution in [0.1, 0.15) is 11.3 Å². The third-order valence-electron chi connectivity index (χ3n) is 3.72. The van der Waals surface area contributed by atoms with Gasteiger partial charge in [0.05, 0.1) is 24.4 Å². The Hall–Kier alpha value is -2.53. The van der Waals surface area contributed by atoms with Crippen LogP contribution in [-0.4, -0.2) is 21.6 Å². The van der Waals surface area contributed by atoms with Crippen LogP contribution in [0.25, 0.3) is 22.3 Å². The maximum absolute atomic E-state index is 6.05. The van der Waals surface area contributed by atoms with E-state index in [1.165, 1.54) is 0 Å². The Kier molecular flexibility index (Phi) is 2.79. The van der Waals surface area contributed by atoms with Crippen molar-refractivity contribution in [2.75, 3.05) is 12.3 Å². The highest BCUT2D eigenvalue weighted by atomic mass is 16.5. The van der Waals surface area contributed by atoms with Gasteiger partial charge in [-0.3, -0.25) is 4.98 Å². The Morgan fingerprint density at radius 2 is 2.10 bits per heavy atom. The number of anilines is 1. The summed E-state index contributed by atoms with van der Waals surface area (Å²) in [6.07, 6.45) is 2.57. The van der Waals surface area contributed by atoms with Crippen LogP contribution in [0.5, 0.6) is 0 Å². The summed E-state index contributed by atoms with van der Waals surface area (Å²) in [5.74, 6) is 1.18. The summed E-state index contributed by atoms with van der Waals surface area (Å²) in [6.45, 7) is 1.19. The molecule has 1 aromatic carbocycles. The molecule has 21 heavy (non-hydrogen) atoms. The number of ether oxygens (including phenoxy) is 1. The molecule has 0 radical (unpaired) electrons. The average Bonchev–Trinajstić information content (AvgIpc) is 2.54. The van der Waals surface area contributed by atoms with Crippen molar-refractivity contribution in [3.8, 4) is 11.4 Å². The zero-order chi connectivity index (χ0) is 14.2. The number of nitrogen functional groups attached to an aromatic ring is 1. The van der Waals surface area contributed by atoms with E-state index in [4.69, 9.17) is 10.5 Å². The Morgan fingerprint density at radius 3 is 3.05 bits per heavy atom. The van der Waals surface area contributed by atoms with E-state index in [9.17, 15) is 0 Å². The lowest BCUT2D eigenvalue weighted by Crippen LogP contribution is -2.16. The van der Waals surface area contributed by atoms with Gasteiger partial charge in [-0.05, 0) is 24.3 Å². The second-order valence-electron chi connectivity index (χ2n) is 5.07. The molecule has 0 unspecified atom stereocenters. The van der Waals surface area contributed by atoms with Crippen LogP contribution in [0, 0.1) is 0 Å². The summed E-state index contributed by atoms with van der Waals surface area (Å²) in [4.78, 5) is 13.4. The van der Waals surface area contributed by atoms with Gasteiger partial charge in [0, 0.05) is 29.1 Å². The Labute approximate surface area is 121 Å². The molecule has 0 bridgehead atoms. The molecule has 0 fully saturated rings. The topological polar surface area (TPSA) is 73.9 Å². The molecule has 5 nitrogen and oxygen atoms in total. The van der Waals surface area contributed by atoms with Gasteiger partial charge in [-0.25, -0.2) is 9.97 Å². The predicted octanol–water partition coefficient (Wildman–Crippen LogP) is 2.35. The fourth-order valence-electron chi connectivity index (χ4n) is 2.60. The average molecular weight is 278 g/mol. The van der Waals surface area contributed by atoms with Crippen molar-refractivity contribution >= 4 is 16.7 Å². The van der Waals surface area contributed by atoms with Gasteiger partial charge in [-0.2, -0.15) is 0 Å². The standard InChI is InChI=1S/C16H14N4O/c17-15-12-9-21-7-5-14(12)19-16(20-15)11-3-4-13-10(8-11)2-1-6-18-13/h1-4,6,8H,5,7,9H2,(H2,17,19,20). The molecule has 0 saturated heterocycles. The smallest absolute Gasteiger partial charge is 0.161 e. The number of pyridine rings is 1. The van der Waals surface area contributed by atoms with E-state index in [0.717, 1.165) is 34.1 Å². The van der Waals surface area contributed by atoms with Gasteiger partial charge in [0.25, 0.3) is 0 Å². The largest absolute Gasteiger partial charge is 0.383 e. The second kappa shape index (κ2) is 4.79. The van der Waals surface area contributed by atoms with Crippen LogP contribution >= 0.6 is 0 Å². The third kappa shape index (κ3) is 2.11. The van der Waals surface area contributed by atoms with Gasteiger partial charge in [0.1, 0.15) is 5.82 Å². The van der Waals surface area contributed by atoms with Crippen molar-refractivity contribution in [2.24, 2.45) is 0 Å². The van der Waals surface area contributed by atoms with E-state index in [1.807, 2.05) is 30.3 Å². The summed E-state index contributed by atoms with van der Waals surface area (Å²) in [7, 11) is 0. The zero-order valence-electron chi connectivity index (χ0n) is 11.4. The van der Waals surface area contributed by atoms with E-state index in [2.05, 4.69) is 15.0 Å². The summed E-state index contributed by atoms with van der Waals surface area (Å²) in [5.41, 5.74) is 9.88. The van der Waals surface area contributed by atoms with Crippen LogP contribution in [0.2, 0.25) is 0 Å². The number of fused-ring (bicyclic) bond motifs is 2.